The number of phenolic OH excluding ortho intramolecular Hbond substituents is 1. The fraction of sp³-hybridized carbons (Fsp3) is 0.591. The molecule has 5 heteroatoms. The van der Waals surface area contributed by atoms with Crippen LogP contribution in [0.2, 0.25) is 0 Å². The summed E-state index contributed by atoms with van der Waals surface area (Å²) < 4.78 is 5.91. The van der Waals surface area contributed by atoms with Gasteiger partial charge in [0, 0.05) is 24.2 Å². The Balaban J connectivity index is 1.97. The molecule has 1 aromatic carbocycles. The molecule has 3 rings (SSSR count). The lowest BCUT2D eigenvalue weighted by atomic mass is 9.67. The third kappa shape index (κ3) is 3.39. The van der Waals surface area contributed by atoms with Gasteiger partial charge in [0.05, 0.1) is 17.3 Å². The van der Waals surface area contributed by atoms with E-state index in [1.807, 2.05) is 27.7 Å². The molecule has 27 heavy (non-hydrogen) atoms. The van der Waals surface area contributed by atoms with Crippen molar-refractivity contribution in [3.8, 4) is 5.75 Å². The summed E-state index contributed by atoms with van der Waals surface area (Å²) in [6.45, 7) is 7.87. The largest absolute Gasteiger partial charge is 0.508 e. The second-order valence-electron chi connectivity index (χ2n) is 8.80. The number of carbonyl (C=O) groups is 1. The Morgan fingerprint density at radius 2 is 1.89 bits per heavy atom. The molecule has 0 bridgehead atoms. The summed E-state index contributed by atoms with van der Waals surface area (Å²) in [4.78, 5) is 12.7. The summed E-state index contributed by atoms with van der Waals surface area (Å²) in [7, 11) is 0. The normalized spacial score (nSPS) is 36.1. The van der Waals surface area contributed by atoms with Crippen LogP contribution in [0.4, 0.5) is 0 Å². The average Bonchev–Trinajstić information content (AvgIpc) is 2.70. The van der Waals surface area contributed by atoms with Gasteiger partial charge in [0.1, 0.15) is 11.9 Å². The Labute approximate surface area is 160 Å². The number of rotatable bonds is 3. The number of hydrogen-bond donors (Lipinski definition) is 3. The van der Waals surface area contributed by atoms with E-state index < -0.39 is 29.2 Å². The fourth-order valence-corrected chi connectivity index (χ4v) is 4.88. The zero-order chi connectivity index (χ0) is 20.0. The number of aromatic hydroxyl groups is 1. The van der Waals surface area contributed by atoms with Gasteiger partial charge in [0.2, 0.25) is 0 Å². The van der Waals surface area contributed by atoms with E-state index in [1.165, 1.54) is 24.3 Å². The van der Waals surface area contributed by atoms with E-state index in [1.54, 1.807) is 0 Å². The van der Waals surface area contributed by atoms with Gasteiger partial charge < -0.3 is 20.1 Å². The minimum absolute atomic E-state index is 0.0766. The van der Waals surface area contributed by atoms with Crippen molar-refractivity contribution in [2.45, 2.75) is 64.8 Å². The molecule has 1 aromatic rings. The third-order valence-corrected chi connectivity index (χ3v) is 6.68. The van der Waals surface area contributed by atoms with Crippen molar-refractivity contribution in [1.82, 2.24) is 0 Å². The van der Waals surface area contributed by atoms with E-state index in [0.717, 1.165) is 5.57 Å². The molecular formula is C22H30O5. The molecule has 2 aliphatic rings. The number of benzene rings is 1. The number of aliphatic hydroxyl groups excluding tert-OH is 1. The molecule has 1 saturated carbocycles. The predicted octanol–water partition coefficient (Wildman–Crippen LogP) is 3.43. The van der Waals surface area contributed by atoms with Crippen molar-refractivity contribution in [3.63, 3.8) is 0 Å². The van der Waals surface area contributed by atoms with Crippen LogP contribution in [0.1, 0.15) is 57.3 Å². The Morgan fingerprint density at radius 1 is 1.26 bits per heavy atom. The van der Waals surface area contributed by atoms with Crippen LogP contribution in [0.5, 0.6) is 5.75 Å². The van der Waals surface area contributed by atoms with Gasteiger partial charge in [0.25, 0.3) is 0 Å². The first-order valence-corrected chi connectivity index (χ1v) is 9.64. The first-order chi connectivity index (χ1) is 12.6. The van der Waals surface area contributed by atoms with Crippen LogP contribution in [-0.4, -0.2) is 39.1 Å². The quantitative estimate of drug-likeness (QED) is 0.557. The SMILES string of the molecule is CC1=CC[C@]2(C)[C@H](O)C[C@](O)(C(C)C)[C@H]2[C@@H](OC(=O)c2ccc(O)cc2)C1. The van der Waals surface area contributed by atoms with Gasteiger partial charge in [-0.1, -0.05) is 32.4 Å². The number of carbonyl (C=O) groups excluding carboxylic acids is 1. The van der Waals surface area contributed by atoms with Gasteiger partial charge in [0.15, 0.2) is 0 Å². The highest BCUT2D eigenvalue weighted by molar-refractivity contribution is 5.89. The fourth-order valence-electron chi connectivity index (χ4n) is 4.88. The molecule has 5 nitrogen and oxygen atoms in total. The molecule has 0 saturated heterocycles. The Bertz CT molecular complexity index is 738. The summed E-state index contributed by atoms with van der Waals surface area (Å²) >= 11 is 0. The molecule has 2 aliphatic carbocycles. The average molecular weight is 374 g/mol. The number of ether oxygens (including phenoxy) is 1. The third-order valence-electron chi connectivity index (χ3n) is 6.68. The zero-order valence-electron chi connectivity index (χ0n) is 16.5. The van der Waals surface area contributed by atoms with E-state index >= 15 is 0 Å². The highest BCUT2D eigenvalue weighted by atomic mass is 16.5. The number of hydrogen-bond acceptors (Lipinski definition) is 5. The van der Waals surface area contributed by atoms with Crippen LogP contribution in [0.15, 0.2) is 35.9 Å². The van der Waals surface area contributed by atoms with Crippen LogP contribution < -0.4 is 0 Å². The molecule has 3 N–H and O–H groups in total. The van der Waals surface area contributed by atoms with Crippen molar-refractivity contribution in [2.75, 3.05) is 0 Å². The standard InChI is InChI=1S/C22H30O5/c1-13(2)22(26)12-18(24)21(4)10-9-14(3)11-17(19(21)22)27-20(25)15-5-7-16(23)8-6-15/h5-9,13,17-19,23-24,26H,10-12H2,1-4H3/t17-,18+,19-,21+,22-/m0/s1. The van der Waals surface area contributed by atoms with E-state index in [9.17, 15) is 20.1 Å². The topological polar surface area (TPSA) is 87.0 Å². The molecule has 148 valence electrons. The molecule has 0 amide bonds. The van der Waals surface area contributed by atoms with Crippen molar-refractivity contribution >= 4 is 5.97 Å². The maximum absolute atomic E-state index is 12.7. The Morgan fingerprint density at radius 3 is 2.48 bits per heavy atom. The van der Waals surface area contributed by atoms with Crippen LogP contribution in [0.3, 0.4) is 0 Å². The maximum Gasteiger partial charge on any atom is 0.338 e. The molecule has 0 unspecified atom stereocenters. The number of phenols is 1. The zero-order valence-corrected chi connectivity index (χ0v) is 16.5. The predicted molar refractivity (Wildman–Crippen MR) is 102 cm³/mol. The summed E-state index contributed by atoms with van der Waals surface area (Å²) in [5.74, 6) is -0.841. The minimum Gasteiger partial charge on any atom is -0.508 e. The molecule has 1 fully saturated rings. The highest BCUT2D eigenvalue weighted by Crippen LogP contribution is 2.58. The number of aliphatic hydroxyl groups is 2. The summed E-state index contributed by atoms with van der Waals surface area (Å²) in [6.07, 6.45) is 2.37. The van der Waals surface area contributed by atoms with Crippen molar-refractivity contribution in [2.24, 2.45) is 17.3 Å². The maximum atomic E-state index is 12.7. The van der Waals surface area contributed by atoms with Crippen LogP contribution in [0, 0.1) is 17.3 Å². The van der Waals surface area contributed by atoms with E-state index in [-0.39, 0.29) is 24.0 Å². The summed E-state index contributed by atoms with van der Waals surface area (Å²) in [6, 6.07) is 5.94. The lowest BCUT2D eigenvalue weighted by Crippen LogP contribution is -2.50. The van der Waals surface area contributed by atoms with Gasteiger partial charge in [-0.25, -0.2) is 4.79 Å². The lowest BCUT2D eigenvalue weighted by Gasteiger charge is -2.43. The Hall–Kier alpha value is -1.85. The first-order valence-electron chi connectivity index (χ1n) is 9.64. The van der Waals surface area contributed by atoms with Gasteiger partial charge in [-0.3, -0.25) is 0 Å². The van der Waals surface area contributed by atoms with Gasteiger partial charge in [-0.05, 0) is 43.5 Å². The Kier molecular flexibility index (Phi) is 5.12. The number of esters is 1. The lowest BCUT2D eigenvalue weighted by molar-refractivity contribution is -0.113. The number of allylic oxidation sites excluding steroid dienone is 1. The molecule has 0 spiro atoms. The molecular weight excluding hydrogens is 344 g/mol. The molecule has 0 aromatic heterocycles. The van der Waals surface area contributed by atoms with E-state index in [4.69, 9.17) is 4.74 Å². The number of fused-ring (bicyclic) bond motifs is 1. The van der Waals surface area contributed by atoms with Gasteiger partial charge in [-0.15, -0.1) is 0 Å². The second-order valence-corrected chi connectivity index (χ2v) is 8.80. The monoisotopic (exact) mass is 374 g/mol. The molecule has 0 heterocycles. The second kappa shape index (κ2) is 6.95. The molecule has 5 atom stereocenters. The summed E-state index contributed by atoms with van der Waals surface area (Å²) in [5.41, 5.74) is -0.220. The first kappa shape index (κ1) is 19.9. The molecule has 0 radical (unpaired) electrons. The summed E-state index contributed by atoms with van der Waals surface area (Å²) in [5, 5.41) is 31.7. The van der Waals surface area contributed by atoms with Gasteiger partial charge in [-0.2, -0.15) is 0 Å². The van der Waals surface area contributed by atoms with E-state index in [2.05, 4.69) is 6.08 Å². The molecule has 0 aliphatic heterocycles. The van der Waals surface area contributed by atoms with Crippen molar-refractivity contribution in [1.29, 1.82) is 0 Å². The van der Waals surface area contributed by atoms with Crippen LogP contribution >= 0.6 is 0 Å². The smallest absolute Gasteiger partial charge is 0.338 e. The van der Waals surface area contributed by atoms with Crippen LogP contribution in [0.25, 0.3) is 0 Å². The minimum atomic E-state index is -1.10. The highest BCUT2D eigenvalue weighted by Gasteiger charge is 2.63. The van der Waals surface area contributed by atoms with Crippen LogP contribution in [-0.2, 0) is 4.74 Å². The van der Waals surface area contributed by atoms with Gasteiger partial charge >= 0.3 is 5.97 Å². The van der Waals surface area contributed by atoms with Crippen molar-refractivity contribution in [3.05, 3.63) is 41.5 Å². The van der Waals surface area contributed by atoms with Crippen molar-refractivity contribution < 1.29 is 24.9 Å². The van der Waals surface area contributed by atoms with E-state index in [0.29, 0.717) is 18.4 Å².